The van der Waals surface area contributed by atoms with Crippen molar-refractivity contribution in [3.63, 3.8) is 0 Å². The van der Waals surface area contributed by atoms with E-state index in [1.807, 2.05) is 45.9 Å². The number of nitrogens with one attached hydrogen (secondary N) is 1. The predicted octanol–water partition coefficient (Wildman–Crippen LogP) is 4.63. The summed E-state index contributed by atoms with van der Waals surface area (Å²) in [7, 11) is 0. The van der Waals surface area contributed by atoms with Crippen molar-refractivity contribution in [2.45, 2.75) is 51.8 Å². The first-order valence-electron chi connectivity index (χ1n) is 7.69. The van der Waals surface area contributed by atoms with E-state index in [2.05, 4.69) is 34.5 Å². The van der Waals surface area contributed by atoms with Crippen molar-refractivity contribution in [3.8, 4) is 0 Å². The summed E-state index contributed by atoms with van der Waals surface area (Å²) in [6.07, 6.45) is 0. The molecule has 0 aliphatic carbocycles. The van der Waals surface area contributed by atoms with Gasteiger partial charge in [-0.2, -0.15) is 0 Å². The maximum Gasteiger partial charge on any atom is 0.136 e. The Hall–Kier alpha value is 0.220. The van der Waals surface area contributed by atoms with Crippen LogP contribution in [0.1, 0.15) is 47.1 Å². The Labute approximate surface area is 156 Å². The fourth-order valence-electron chi connectivity index (χ4n) is 2.57. The van der Waals surface area contributed by atoms with Crippen LogP contribution in [0.25, 0.3) is 0 Å². The van der Waals surface area contributed by atoms with E-state index in [9.17, 15) is 9.66 Å². The molecule has 1 rings (SSSR count). The molecule has 0 aliphatic heterocycles. The molecule has 0 heterocycles. The minimum absolute atomic E-state index is 0.00378. The van der Waals surface area contributed by atoms with Crippen LogP contribution in [0.5, 0.6) is 0 Å². The molecule has 23 heavy (non-hydrogen) atoms. The summed E-state index contributed by atoms with van der Waals surface area (Å²) in [5.74, 6) is 0.0999. The van der Waals surface area contributed by atoms with Crippen LogP contribution in [0.3, 0.4) is 0 Å². The number of aliphatic hydroxyl groups is 1. The van der Waals surface area contributed by atoms with Crippen LogP contribution < -0.4 is 4.72 Å². The predicted molar refractivity (Wildman–Crippen MR) is 103 cm³/mol. The number of rotatable bonds is 6. The average molecular weight is 425 g/mol. The molecule has 1 aromatic rings. The van der Waals surface area contributed by atoms with Gasteiger partial charge in [-0.1, -0.05) is 31.5 Å². The minimum atomic E-state index is -1.27. The summed E-state index contributed by atoms with van der Waals surface area (Å²) in [5.41, 5.74) is 0.252. The molecule has 0 fully saturated rings. The highest BCUT2D eigenvalue weighted by Crippen LogP contribution is 2.38. The van der Waals surface area contributed by atoms with Crippen LogP contribution in [0, 0.1) is 11.8 Å². The van der Waals surface area contributed by atoms with Crippen molar-refractivity contribution in [1.29, 1.82) is 0 Å². The van der Waals surface area contributed by atoms with E-state index in [1.54, 1.807) is 0 Å². The Kier molecular flexibility index (Phi) is 7.46. The second kappa shape index (κ2) is 8.07. The zero-order valence-electron chi connectivity index (χ0n) is 14.6. The molecule has 0 radical (unpaired) electrons. The van der Waals surface area contributed by atoms with Gasteiger partial charge in [0.15, 0.2) is 0 Å². The molecule has 2 N–H and O–H groups in total. The second-order valence-electron chi connectivity index (χ2n) is 7.35. The monoisotopic (exact) mass is 423 g/mol. The van der Waals surface area contributed by atoms with Crippen molar-refractivity contribution in [2.75, 3.05) is 6.61 Å². The Balaban J connectivity index is 3.38. The maximum atomic E-state index is 12.7. The minimum Gasteiger partial charge on any atom is -0.598 e. The lowest BCUT2D eigenvalue weighted by molar-refractivity contribution is 0.110. The molecule has 0 aliphatic rings. The lowest BCUT2D eigenvalue weighted by Crippen LogP contribution is -2.55. The number of aliphatic hydroxyl groups excluding tert-OH is 1. The molecular weight excluding hydrogens is 398 g/mol. The lowest BCUT2D eigenvalue weighted by Gasteiger charge is -2.41. The molecule has 0 bridgehead atoms. The number of halogens is 2. The second-order valence-corrected chi connectivity index (χ2v) is 10.6. The SMILES string of the molecule is CC(C)C(CO)C(C)(N[S+]([O-])C(C)(C)C)c1ccc(Br)c(Cl)c1. The van der Waals surface area contributed by atoms with Crippen LogP contribution in [0.2, 0.25) is 5.02 Å². The number of benzene rings is 1. The van der Waals surface area contributed by atoms with Gasteiger partial charge in [-0.05, 0) is 67.2 Å². The standard InChI is InChI=1S/C17H27BrClNO2S/c1-11(2)13(10-21)17(6,20-23(22)16(3,4)5)12-7-8-14(18)15(19)9-12/h7-9,11,13,20-21H,10H2,1-6H3. The first kappa shape index (κ1) is 21.3. The molecule has 3 nitrogen and oxygen atoms in total. The summed E-state index contributed by atoms with van der Waals surface area (Å²) in [6, 6.07) is 5.70. The Bertz CT molecular complexity index is 536. The molecule has 0 aromatic heterocycles. The van der Waals surface area contributed by atoms with E-state index < -0.39 is 21.6 Å². The highest BCUT2D eigenvalue weighted by atomic mass is 79.9. The van der Waals surface area contributed by atoms with Gasteiger partial charge < -0.3 is 9.66 Å². The van der Waals surface area contributed by atoms with Crippen LogP contribution in [-0.2, 0) is 16.9 Å². The van der Waals surface area contributed by atoms with Crippen molar-refractivity contribution >= 4 is 38.9 Å². The molecule has 0 saturated carbocycles. The highest BCUT2D eigenvalue weighted by molar-refractivity contribution is 9.10. The quantitative estimate of drug-likeness (QED) is 0.654. The van der Waals surface area contributed by atoms with Crippen LogP contribution in [0.4, 0.5) is 0 Å². The molecule has 1 aromatic carbocycles. The van der Waals surface area contributed by atoms with Gasteiger partial charge in [0.1, 0.15) is 4.75 Å². The number of hydrogen-bond donors (Lipinski definition) is 2. The molecule has 132 valence electrons. The van der Waals surface area contributed by atoms with Crippen molar-refractivity contribution in [1.82, 2.24) is 4.72 Å². The van der Waals surface area contributed by atoms with Crippen LogP contribution in [-0.4, -0.2) is 21.0 Å². The summed E-state index contributed by atoms with van der Waals surface area (Å²) in [5, 5.41) is 10.5. The van der Waals surface area contributed by atoms with Gasteiger partial charge in [-0.25, -0.2) is 0 Å². The first-order valence-corrected chi connectivity index (χ1v) is 10.0. The van der Waals surface area contributed by atoms with Crippen LogP contribution in [0.15, 0.2) is 22.7 Å². The van der Waals surface area contributed by atoms with E-state index >= 15 is 0 Å². The normalized spacial score (nSPS) is 17.9. The number of hydrogen-bond acceptors (Lipinski definition) is 3. The summed E-state index contributed by atoms with van der Waals surface area (Å²) in [4.78, 5) is 0. The largest absolute Gasteiger partial charge is 0.598 e. The van der Waals surface area contributed by atoms with Gasteiger partial charge in [0, 0.05) is 28.4 Å². The maximum absolute atomic E-state index is 12.7. The Morgan fingerprint density at radius 3 is 2.26 bits per heavy atom. The van der Waals surface area contributed by atoms with Gasteiger partial charge in [0.2, 0.25) is 0 Å². The lowest BCUT2D eigenvalue weighted by atomic mass is 9.75. The highest BCUT2D eigenvalue weighted by Gasteiger charge is 2.44. The van der Waals surface area contributed by atoms with Gasteiger partial charge in [0.05, 0.1) is 10.6 Å². The molecule has 3 unspecified atom stereocenters. The Morgan fingerprint density at radius 1 is 1.30 bits per heavy atom. The Morgan fingerprint density at radius 2 is 1.87 bits per heavy atom. The molecular formula is C17H27BrClNO2S. The van der Waals surface area contributed by atoms with E-state index in [4.69, 9.17) is 11.6 Å². The van der Waals surface area contributed by atoms with Gasteiger partial charge in [-0.3, -0.25) is 0 Å². The molecule has 6 heteroatoms. The van der Waals surface area contributed by atoms with Gasteiger partial charge >= 0.3 is 0 Å². The zero-order valence-corrected chi connectivity index (χ0v) is 17.8. The third-order valence-electron chi connectivity index (χ3n) is 4.12. The van der Waals surface area contributed by atoms with Crippen molar-refractivity contribution in [2.24, 2.45) is 11.8 Å². The van der Waals surface area contributed by atoms with Crippen molar-refractivity contribution in [3.05, 3.63) is 33.3 Å². The van der Waals surface area contributed by atoms with Crippen molar-refractivity contribution < 1.29 is 9.66 Å². The summed E-state index contributed by atoms with van der Waals surface area (Å²) >= 11 is 8.39. The third-order valence-corrected chi connectivity index (χ3v) is 7.08. The zero-order chi connectivity index (χ0) is 18.0. The van der Waals surface area contributed by atoms with Crippen LogP contribution >= 0.6 is 27.5 Å². The smallest absolute Gasteiger partial charge is 0.136 e. The molecule has 0 amide bonds. The van der Waals surface area contributed by atoms with E-state index in [-0.39, 0.29) is 18.4 Å². The summed E-state index contributed by atoms with van der Waals surface area (Å²) < 4.78 is 16.4. The molecule has 3 atom stereocenters. The van der Waals surface area contributed by atoms with Gasteiger partial charge in [0.25, 0.3) is 0 Å². The fourth-order valence-corrected chi connectivity index (χ4v) is 3.96. The van der Waals surface area contributed by atoms with Gasteiger partial charge in [-0.15, -0.1) is 4.72 Å². The van der Waals surface area contributed by atoms with E-state index in [0.29, 0.717) is 5.02 Å². The van der Waals surface area contributed by atoms with E-state index in [1.165, 1.54) is 0 Å². The topological polar surface area (TPSA) is 55.3 Å². The third kappa shape index (κ3) is 5.10. The molecule has 0 spiro atoms. The fraction of sp³-hybridized carbons (Fsp3) is 0.647. The molecule has 0 saturated heterocycles. The first-order chi connectivity index (χ1) is 10.4. The summed E-state index contributed by atoms with van der Waals surface area (Å²) in [6.45, 7) is 11.9. The average Bonchev–Trinajstić information content (AvgIpc) is 2.40. The van der Waals surface area contributed by atoms with E-state index in [0.717, 1.165) is 10.0 Å².